The van der Waals surface area contributed by atoms with Gasteiger partial charge in [0.2, 0.25) is 0 Å². The number of halogens is 2. The van der Waals surface area contributed by atoms with Crippen LogP contribution in [0.3, 0.4) is 0 Å². The molecular weight excluding hydrogens is 313 g/mol. The average molecular weight is 328 g/mol. The highest BCUT2D eigenvalue weighted by molar-refractivity contribution is 9.10. The van der Waals surface area contributed by atoms with Gasteiger partial charge in [-0.15, -0.1) is 11.3 Å². The topological polar surface area (TPSA) is 12.0 Å². The van der Waals surface area contributed by atoms with Crippen LogP contribution in [0.25, 0.3) is 0 Å². The van der Waals surface area contributed by atoms with Crippen LogP contribution in [0.5, 0.6) is 0 Å². The Morgan fingerprint density at radius 1 is 1.17 bits per heavy atom. The van der Waals surface area contributed by atoms with E-state index in [9.17, 15) is 4.39 Å². The van der Waals surface area contributed by atoms with E-state index in [1.807, 2.05) is 30.5 Å². The molecule has 0 saturated carbocycles. The smallest absolute Gasteiger partial charge is 0.127 e. The number of benzene rings is 1. The van der Waals surface area contributed by atoms with Gasteiger partial charge in [-0.3, -0.25) is 0 Å². The number of nitrogens with one attached hydrogen (secondary N) is 1. The third kappa shape index (κ3) is 2.99. The molecule has 0 aliphatic carbocycles. The molecule has 2 rings (SSSR count). The predicted octanol–water partition coefficient (Wildman–Crippen LogP) is 5.06. The predicted molar refractivity (Wildman–Crippen MR) is 78.4 cm³/mol. The van der Waals surface area contributed by atoms with Gasteiger partial charge in [0.05, 0.1) is 0 Å². The summed E-state index contributed by atoms with van der Waals surface area (Å²) in [5.74, 6) is -0.157. The van der Waals surface area contributed by atoms with Crippen molar-refractivity contribution in [3.63, 3.8) is 0 Å². The highest BCUT2D eigenvalue weighted by Crippen LogP contribution is 2.30. The van der Waals surface area contributed by atoms with Gasteiger partial charge in [0.1, 0.15) is 5.82 Å². The van der Waals surface area contributed by atoms with Crippen LogP contribution in [0.15, 0.2) is 40.2 Å². The molecule has 0 bridgehead atoms. The number of rotatable bonds is 4. The zero-order chi connectivity index (χ0) is 13.1. The minimum absolute atomic E-state index is 0.0183. The Bertz CT molecular complexity index is 526. The molecule has 0 aliphatic heterocycles. The third-order valence-corrected chi connectivity index (χ3v) is 4.96. The Labute approximate surface area is 119 Å². The second-order valence-electron chi connectivity index (χ2n) is 4.26. The monoisotopic (exact) mass is 327 g/mol. The summed E-state index contributed by atoms with van der Waals surface area (Å²) in [7, 11) is 0. The fraction of sp³-hybridized carbons (Fsp3) is 0.286. The lowest BCUT2D eigenvalue weighted by Crippen LogP contribution is -2.22. The first-order chi connectivity index (χ1) is 8.59. The third-order valence-electron chi connectivity index (χ3n) is 2.91. The molecule has 1 aromatic carbocycles. The molecule has 0 aliphatic rings. The molecule has 18 heavy (non-hydrogen) atoms. The van der Waals surface area contributed by atoms with Crippen molar-refractivity contribution < 1.29 is 4.39 Å². The Kier molecular flexibility index (Phi) is 4.54. The fourth-order valence-electron chi connectivity index (χ4n) is 1.98. The van der Waals surface area contributed by atoms with Gasteiger partial charge < -0.3 is 5.32 Å². The largest absolute Gasteiger partial charge is 0.303 e. The molecule has 2 atom stereocenters. The van der Waals surface area contributed by atoms with Gasteiger partial charge in [-0.05, 0) is 47.3 Å². The molecule has 0 spiro atoms. The molecule has 1 heterocycles. The van der Waals surface area contributed by atoms with Crippen molar-refractivity contribution in [2.45, 2.75) is 25.9 Å². The lowest BCUT2D eigenvalue weighted by molar-refractivity contribution is 0.477. The van der Waals surface area contributed by atoms with Gasteiger partial charge in [-0.25, -0.2) is 4.39 Å². The van der Waals surface area contributed by atoms with E-state index in [1.165, 1.54) is 10.9 Å². The first kappa shape index (κ1) is 13.7. The molecule has 0 radical (unpaired) electrons. The molecule has 0 fully saturated rings. The van der Waals surface area contributed by atoms with Crippen LogP contribution in [0, 0.1) is 5.82 Å². The summed E-state index contributed by atoms with van der Waals surface area (Å²) in [5.41, 5.74) is 0.706. The van der Waals surface area contributed by atoms with E-state index < -0.39 is 0 Å². The van der Waals surface area contributed by atoms with Crippen molar-refractivity contribution in [2.24, 2.45) is 0 Å². The van der Waals surface area contributed by atoms with Crippen molar-refractivity contribution in [1.82, 2.24) is 5.32 Å². The van der Waals surface area contributed by atoms with E-state index in [1.54, 1.807) is 17.4 Å². The van der Waals surface area contributed by atoms with Crippen LogP contribution in [0.4, 0.5) is 4.39 Å². The van der Waals surface area contributed by atoms with Crippen LogP contribution in [0.1, 0.15) is 36.4 Å². The Morgan fingerprint density at radius 2 is 1.89 bits per heavy atom. The van der Waals surface area contributed by atoms with E-state index in [0.29, 0.717) is 5.56 Å². The zero-order valence-corrected chi connectivity index (χ0v) is 12.7. The van der Waals surface area contributed by atoms with Gasteiger partial charge in [0.15, 0.2) is 0 Å². The second kappa shape index (κ2) is 5.95. The first-order valence-corrected chi connectivity index (χ1v) is 7.50. The van der Waals surface area contributed by atoms with E-state index in [0.717, 1.165) is 4.47 Å². The fourth-order valence-corrected chi connectivity index (χ4v) is 3.72. The maximum absolute atomic E-state index is 13.7. The highest BCUT2D eigenvalue weighted by atomic mass is 79.9. The molecule has 1 N–H and O–H groups in total. The maximum atomic E-state index is 13.7. The van der Waals surface area contributed by atoms with Crippen LogP contribution in [-0.2, 0) is 0 Å². The minimum atomic E-state index is -0.157. The molecule has 0 amide bonds. The summed E-state index contributed by atoms with van der Waals surface area (Å²) >= 11 is 5.22. The van der Waals surface area contributed by atoms with E-state index in [2.05, 4.69) is 28.2 Å². The summed E-state index contributed by atoms with van der Waals surface area (Å²) < 4.78 is 14.8. The van der Waals surface area contributed by atoms with Gasteiger partial charge in [0, 0.05) is 27.0 Å². The van der Waals surface area contributed by atoms with Gasteiger partial charge in [-0.2, -0.15) is 0 Å². The summed E-state index contributed by atoms with van der Waals surface area (Å²) in [6, 6.07) is 9.10. The normalized spacial score (nSPS) is 14.4. The lowest BCUT2D eigenvalue weighted by Gasteiger charge is -2.20. The van der Waals surface area contributed by atoms with E-state index in [4.69, 9.17) is 0 Å². The van der Waals surface area contributed by atoms with Crippen LogP contribution >= 0.6 is 27.3 Å². The molecule has 1 unspecified atom stereocenters. The number of thiophene rings is 1. The lowest BCUT2D eigenvalue weighted by atomic mass is 10.1. The van der Waals surface area contributed by atoms with Crippen molar-refractivity contribution in [2.75, 3.05) is 0 Å². The van der Waals surface area contributed by atoms with Gasteiger partial charge >= 0.3 is 0 Å². The number of hydrogen-bond acceptors (Lipinski definition) is 2. The van der Waals surface area contributed by atoms with Crippen molar-refractivity contribution in [1.29, 1.82) is 0 Å². The van der Waals surface area contributed by atoms with Crippen LogP contribution in [-0.4, -0.2) is 0 Å². The minimum Gasteiger partial charge on any atom is -0.303 e. The van der Waals surface area contributed by atoms with E-state index >= 15 is 0 Å². The molecule has 1 aromatic heterocycles. The van der Waals surface area contributed by atoms with Crippen LogP contribution in [0.2, 0.25) is 0 Å². The summed E-state index contributed by atoms with van der Waals surface area (Å²) in [5, 5.41) is 5.47. The molecule has 0 saturated heterocycles. The summed E-state index contributed by atoms with van der Waals surface area (Å²) in [6.45, 7) is 4.07. The van der Waals surface area contributed by atoms with Gasteiger partial charge in [0.25, 0.3) is 0 Å². The SMILES string of the molecule is CC(N[C@H](C)c1ccccc1F)c1sccc1Br. The van der Waals surface area contributed by atoms with Crippen molar-refractivity contribution in [3.05, 3.63) is 56.4 Å². The zero-order valence-electron chi connectivity index (χ0n) is 10.3. The first-order valence-electron chi connectivity index (χ1n) is 5.83. The molecular formula is C14H15BrFNS. The van der Waals surface area contributed by atoms with Crippen LogP contribution < -0.4 is 5.32 Å². The Morgan fingerprint density at radius 3 is 2.50 bits per heavy atom. The molecule has 4 heteroatoms. The quantitative estimate of drug-likeness (QED) is 0.827. The maximum Gasteiger partial charge on any atom is 0.127 e. The van der Waals surface area contributed by atoms with E-state index in [-0.39, 0.29) is 17.9 Å². The highest BCUT2D eigenvalue weighted by Gasteiger charge is 2.16. The standard InChI is InChI=1S/C14H15BrFNS/c1-9(11-5-3-4-6-13(11)16)17-10(2)14-12(15)7-8-18-14/h3-10,17H,1-2H3/t9-,10?/m1/s1. The van der Waals surface area contributed by atoms with Crippen molar-refractivity contribution >= 4 is 27.3 Å². The molecule has 2 aromatic rings. The summed E-state index contributed by atoms with van der Waals surface area (Å²) in [4.78, 5) is 1.23. The molecule has 1 nitrogen and oxygen atoms in total. The molecule has 96 valence electrons. The number of hydrogen-bond donors (Lipinski definition) is 1. The Balaban J connectivity index is 2.11. The van der Waals surface area contributed by atoms with Gasteiger partial charge in [-0.1, -0.05) is 18.2 Å². The summed E-state index contributed by atoms with van der Waals surface area (Å²) in [6.07, 6.45) is 0. The Hall–Kier alpha value is -0.710. The second-order valence-corrected chi connectivity index (χ2v) is 6.07. The average Bonchev–Trinajstić information content (AvgIpc) is 2.76. The van der Waals surface area contributed by atoms with Crippen molar-refractivity contribution in [3.8, 4) is 0 Å².